The van der Waals surface area contributed by atoms with E-state index in [1.807, 2.05) is 13.0 Å². The zero-order valence-electron chi connectivity index (χ0n) is 14.2. The molecule has 0 amide bonds. The topological polar surface area (TPSA) is 88.9 Å². The van der Waals surface area contributed by atoms with E-state index >= 15 is 0 Å². The highest BCUT2D eigenvalue weighted by Gasteiger charge is 2.12. The quantitative estimate of drug-likeness (QED) is 0.452. The molecule has 7 nitrogen and oxygen atoms in total. The number of aromatic amines is 1. The second kappa shape index (κ2) is 7.76. The normalized spacial score (nSPS) is 16.1. The lowest BCUT2D eigenvalue weighted by Crippen LogP contribution is -2.45. The lowest BCUT2D eigenvalue weighted by molar-refractivity contribution is 0.355. The molecule has 0 saturated carbocycles. The van der Waals surface area contributed by atoms with Crippen LogP contribution in [0.1, 0.15) is 12.5 Å². The summed E-state index contributed by atoms with van der Waals surface area (Å²) in [5.41, 5.74) is 1.91. The summed E-state index contributed by atoms with van der Waals surface area (Å²) in [6, 6.07) is 5.32. The van der Waals surface area contributed by atoms with Gasteiger partial charge in [0.1, 0.15) is 17.4 Å². The number of hydrogen-bond donors (Lipinski definition) is 3. The molecule has 0 aliphatic carbocycles. The minimum atomic E-state index is 0.113. The molecular formula is C18H22N6O. The molecule has 1 fully saturated rings. The van der Waals surface area contributed by atoms with Crippen molar-refractivity contribution < 1.29 is 5.11 Å². The van der Waals surface area contributed by atoms with Gasteiger partial charge >= 0.3 is 0 Å². The third-order valence-corrected chi connectivity index (χ3v) is 4.12. The van der Waals surface area contributed by atoms with Gasteiger partial charge in [-0.3, -0.25) is 0 Å². The van der Waals surface area contributed by atoms with Gasteiger partial charge in [-0.15, -0.1) is 10.2 Å². The van der Waals surface area contributed by atoms with E-state index in [2.05, 4.69) is 37.0 Å². The second-order valence-electron chi connectivity index (χ2n) is 5.74. The van der Waals surface area contributed by atoms with Crippen molar-refractivity contribution in [2.75, 3.05) is 26.2 Å². The molecule has 0 spiro atoms. The molecule has 3 rings (SSSR count). The van der Waals surface area contributed by atoms with Gasteiger partial charge in [0.05, 0.1) is 5.71 Å². The minimum Gasteiger partial charge on any atom is -0.507 e. The largest absolute Gasteiger partial charge is 0.507 e. The summed E-state index contributed by atoms with van der Waals surface area (Å²) in [7, 11) is 0. The number of hydrogen-bond acceptors (Lipinski definition) is 5. The molecule has 1 aliphatic heterocycles. The Bertz CT molecular complexity index is 788. The summed E-state index contributed by atoms with van der Waals surface area (Å²) < 4.78 is 0. The average molecular weight is 338 g/mol. The number of amidine groups is 1. The minimum absolute atomic E-state index is 0.113. The van der Waals surface area contributed by atoms with Crippen LogP contribution in [0.25, 0.3) is 11.4 Å². The average Bonchev–Trinajstić information content (AvgIpc) is 3.18. The Hall–Kier alpha value is -2.93. The van der Waals surface area contributed by atoms with Crippen molar-refractivity contribution in [3.05, 3.63) is 48.8 Å². The van der Waals surface area contributed by atoms with Gasteiger partial charge in [0.2, 0.25) is 0 Å². The van der Waals surface area contributed by atoms with E-state index in [1.54, 1.807) is 30.6 Å². The van der Waals surface area contributed by atoms with Crippen molar-refractivity contribution in [2.45, 2.75) is 6.92 Å². The third-order valence-electron chi connectivity index (χ3n) is 4.12. The number of allylic oxidation sites excluding steroid dienone is 1. The number of rotatable bonds is 4. The Morgan fingerprint density at radius 3 is 2.76 bits per heavy atom. The molecule has 2 heterocycles. The van der Waals surface area contributed by atoms with Crippen LogP contribution in [-0.4, -0.2) is 57.7 Å². The zero-order valence-corrected chi connectivity index (χ0v) is 14.2. The first-order chi connectivity index (χ1) is 12.2. The summed E-state index contributed by atoms with van der Waals surface area (Å²) in [5, 5.41) is 22.3. The van der Waals surface area contributed by atoms with E-state index in [0.717, 1.165) is 37.6 Å². The Morgan fingerprint density at radius 1 is 1.32 bits per heavy atom. The molecule has 0 atom stereocenters. The van der Waals surface area contributed by atoms with Crippen molar-refractivity contribution in [1.29, 1.82) is 0 Å². The van der Waals surface area contributed by atoms with Gasteiger partial charge in [0, 0.05) is 49.7 Å². The summed E-state index contributed by atoms with van der Waals surface area (Å²) in [4.78, 5) is 9.38. The smallest absolute Gasteiger partial charge is 0.137 e. The molecule has 1 aromatic heterocycles. The van der Waals surface area contributed by atoms with Crippen LogP contribution in [0.4, 0.5) is 0 Å². The Morgan fingerprint density at radius 2 is 2.12 bits per heavy atom. The van der Waals surface area contributed by atoms with Gasteiger partial charge in [-0.1, -0.05) is 12.6 Å². The monoisotopic (exact) mass is 338 g/mol. The van der Waals surface area contributed by atoms with Gasteiger partial charge in [-0.2, -0.15) is 0 Å². The SMILES string of the molecule is C=C/C(=N\N=C(/C)N1CCNCC1)c1ccc(-c2ncc[nH]2)cc1O. The maximum Gasteiger partial charge on any atom is 0.137 e. The number of imidazole rings is 1. The van der Waals surface area contributed by atoms with E-state index < -0.39 is 0 Å². The highest BCUT2D eigenvalue weighted by atomic mass is 16.3. The fourth-order valence-corrected chi connectivity index (χ4v) is 2.70. The predicted octanol–water partition coefficient (Wildman–Crippen LogP) is 2.00. The van der Waals surface area contributed by atoms with Crippen LogP contribution in [0, 0.1) is 0 Å². The number of H-pyrrole nitrogens is 1. The van der Waals surface area contributed by atoms with Crippen LogP contribution in [0.5, 0.6) is 5.75 Å². The fourth-order valence-electron chi connectivity index (χ4n) is 2.70. The van der Waals surface area contributed by atoms with Crippen molar-refractivity contribution in [3.8, 4) is 17.1 Å². The summed E-state index contributed by atoms with van der Waals surface area (Å²) in [6.07, 6.45) is 5.01. The van der Waals surface area contributed by atoms with Crippen LogP contribution >= 0.6 is 0 Å². The van der Waals surface area contributed by atoms with Crippen molar-refractivity contribution in [3.63, 3.8) is 0 Å². The first-order valence-electron chi connectivity index (χ1n) is 8.22. The maximum atomic E-state index is 10.4. The molecule has 130 valence electrons. The van der Waals surface area contributed by atoms with E-state index in [1.165, 1.54) is 0 Å². The predicted molar refractivity (Wildman–Crippen MR) is 100.0 cm³/mol. The van der Waals surface area contributed by atoms with Gasteiger partial charge < -0.3 is 20.3 Å². The first kappa shape index (κ1) is 16.9. The molecule has 2 aromatic rings. The Kier molecular flexibility index (Phi) is 5.25. The van der Waals surface area contributed by atoms with E-state index in [9.17, 15) is 5.11 Å². The van der Waals surface area contributed by atoms with Gasteiger partial charge in [-0.05, 0) is 25.1 Å². The van der Waals surface area contributed by atoms with E-state index in [0.29, 0.717) is 17.1 Å². The summed E-state index contributed by atoms with van der Waals surface area (Å²) in [6.45, 7) is 9.44. The number of benzene rings is 1. The molecule has 0 bridgehead atoms. The fraction of sp³-hybridized carbons (Fsp3) is 0.278. The number of aromatic hydroxyl groups is 1. The molecule has 7 heteroatoms. The van der Waals surface area contributed by atoms with Crippen LogP contribution < -0.4 is 5.32 Å². The lowest BCUT2D eigenvalue weighted by Gasteiger charge is -2.28. The number of phenols is 1. The first-order valence-corrected chi connectivity index (χ1v) is 8.22. The molecule has 1 aromatic carbocycles. The number of nitrogens with one attached hydrogen (secondary N) is 2. The zero-order chi connectivity index (χ0) is 17.6. The van der Waals surface area contributed by atoms with Crippen molar-refractivity contribution in [2.24, 2.45) is 10.2 Å². The Balaban J connectivity index is 1.83. The summed E-state index contributed by atoms with van der Waals surface area (Å²) >= 11 is 0. The molecule has 25 heavy (non-hydrogen) atoms. The van der Waals surface area contributed by atoms with Crippen LogP contribution in [0.3, 0.4) is 0 Å². The van der Waals surface area contributed by atoms with Crippen molar-refractivity contribution >= 4 is 11.5 Å². The molecule has 0 radical (unpaired) electrons. The summed E-state index contributed by atoms with van der Waals surface area (Å²) in [5.74, 6) is 1.67. The van der Waals surface area contributed by atoms with Gasteiger partial charge in [-0.25, -0.2) is 4.98 Å². The van der Waals surface area contributed by atoms with E-state index in [4.69, 9.17) is 0 Å². The van der Waals surface area contributed by atoms with Gasteiger partial charge in [0.15, 0.2) is 0 Å². The van der Waals surface area contributed by atoms with Crippen LogP contribution in [0.2, 0.25) is 0 Å². The molecule has 1 aliphatic rings. The standard InChI is InChI=1S/C18H22N6O/c1-3-16(23-22-13(2)24-10-8-19-9-11-24)15-5-4-14(12-17(15)25)18-20-6-7-21-18/h3-7,12,19,25H,1,8-11H2,2H3,(H,20,21)/b22-13+,23-16+. The molecule has 0 unspecified atom stereocenters. The highest BCUT2D eigenvalue weighted by molar-refractivity contribution is 6.10. The van der Waals surface area contributed by atoms with E-state index in [-0.39, 0.29) is 5.75 Å². The number of phenolic OH excluding ortho intramolecular Hbond substituents is 1. The number of nitrogens with zero attached hydrogens (tertiary/aromatic N) is 4. The number of aromatic nitrogens is 2. The second-order valence-corrected chi connectivity index (χ2v) is 5.74. The van der Waals surface area contributed by atoms with Crippen LogP contribution in [-0.2, 0) is 0 Å². The lowest BCUT2D eigenvalue weighted by atomic mass is 10.1. The number of piperazine rings is 1. The molecule has 1 saturated heterocycles. The highest BCUT2D eigenvalue weighted by Crippen LogP contribution is 2.25. The van der Waals surface area contributed by atoms with Crippen LogP contribution in [0.15, 0.2) is 53.5 Å². The Labute approximate surface area is 146 Å². The molecule has 3 N–H and O–H groups in total. The maximum absolute atomic E-state index is 10.4. The van der Waals surface area contributed by atoms with Crippen molar-refractivity contribution in [1.82, 2.24) is 20.2 Å². The van der Waals surface area contributed by atoms with Gasteiger partial charge in [0.25, 0.3) is 0 Å². The third kappa shape index (κ3) is 3.95. The molecular weight excluding hydrogens is 316 g/mol.